The fraction of sp³-hybridized carbons (Fsp3) is 0.312. The summed E-state index contributed by atoms with van der Waals surface area (Å²) >= 11 is 0. The van der Waals surface area contributed by atoms with E-state index >= 15 is 0 Å². The van der Waals surface area contributed by atoms with Crippen molar-refractivity contribution in [1.82, 2.24) is 9.97 Å². The predicted octanol–water partition coefficient (Wildman–Crippen LogP) is 2.95. The largest absolute Gasteiger partial charge is 0.497 e. The van der Waals surface area contributed by atoms with E-state index in [9.17, 15) is 4.79 Å². The normalized spacial score (nSPS) is 10.9. The summed E-state index contributed by atoms with van der Waals surface area (Å²) in [6.45, 7) is 6.08. The number of hydrogen-bond acceptors (Lipinski definition) is 5. The van der Waals surface area contributed by atoms with E-state index in [0.717, 1.165) is 5.75 Å². The zero-order chi connectivity index (χ0) is 16.2. The topological polar surface area (TPSA) is 76.1 Å². The Bertz CT molecular complexity index is 631. The van der Waals surface area contributed by atoms with Gasteiger partial charge in [0.05, 0.1) is 19.5 Å². The summed E-state index contributed by atoms with van der Waals surface area (Å²) in [5, 5.41) is 5.95. The highest BCUT2D eigenvalue weighted by molar-refractivity contribution is 6.02. The molecule has 1 aromatic carbocycles. The first-order chi connectivity index (χ1) is 10.4. The summed E-state index contributed by atoms with van der Waals surface area (Å²) in [6, 6.07) is 7.08. The molecule has 1 amide bonds. The van der Waals surface area contributed by atoms with Gasteiger partial charge < -0.3 is 15.4 Å². The molecule has 6 nitrogen and oxygen atoms in total. The van der Waals surface area contributed by atoms with Crippen molar-refractivity contribution in [3.8, 4) is 5.75 Å². The molecule has 1 aromatic heterocycles. The van der Waals surface area contributed by atoms with E-state index < -0.39 is 0 Å². The fourth-order valence-electron chi connectivity index (χ4n) is 1.76. The summed E-state index contributed by atoms with van der Waals surface area (Å²) in [5.41, 5.74) is 0.821. The Balaban J connectivity index is 2.03. The van der Waals surface area contributed by atoms with Crippen LogP contribution in [0.3, 0.4) is 0 Å². The Kier molecular flexibility index (Phi) is 4.60. The van der Waals surface area contributed by atoms with Gasteiger partial charge in [-0.2, -0.15) is 0 Å². The van der Waals surface area contributed by atoms with Gasteiger partial charge in [-0.05, 0) is 45.0 Å². The number of amides is 1. The maximum Gasteiger partial charge on any atom is 0.275 e. The zero-order valence-corrected chi connectivity index (χ0v) is 13.2. The minimum atomic E-state index is -0.306. The Labute approximate surface area is 129 Å². The van der Waals surface area contributed by atoms with Crippen LogP contribution in [0.4, 0.5) is 11.5 Å². The standard InChI is InChI=1S/C16H20N4O2/c1-16(2,3)20-14-10-17-13(9-18-14)15(21)19-11-5-7-12(22-4)8-6-11/h5-10H,1-4H3,(H,18,20)(H,19,21). The molecular formula is C16H20N4O2. The first-order valence-electron chi connectivity index (χ1n) is 6.93. The maximum absolute atomic E-state index is 12.1. The van der Waals surface area contributed by atoms with Crippen molar-refractivity contribution in [3.05, 3.63) is 42.4 Å². The second-order valence-electron chi connectivity index (χ2n) is 5.84. The van der Waals surface area contributed by atoms with Crippen LogP contribution < -0.4 is 15.4 Å². The molecule has 0 aliphatic rings. The van der Waals surface area contributed by atoms with Gasteiger partial charge in [0, 0.05) is 11.2 Å². The highest BCUT2D eigenvalue weighted by atomic mass is 16.5. The summed E-state index contributed by atoms with van der Waals surface area (Å²) in [5.74, 6) is 1.06. The van der Waals surface area contributed by atoms with Gasteiger partial charge >= 0.3 is 0 Å². The molecular weight excluding hydrogens is 280 g/mol. The Morgan fingerprint density at radius 2 is 1.77 bits per heavy atom. The summed E-state index contributed by atoms with van der Waals surface area (Å²) in [6.07, 6.45) is 3.00. The Morgan fingerprint density at radius 3 is 2.27 bits per heavy atom. The molecule has 0 aliphatic heterocycles. The molecule has 0 unspecified atom stereocenters. The molecule has 2 N–H and O–H groups in total. The first kappa shape index (κ1) is 15.8. The van der Waals surface area contributed by atoms with E-state index in [1.54, 1.807) is 37.6 Å². The second kappa shape index (κ2) is 6.43. The number of hydrogen-bond donors (Lipinski definition) is 2. The molecule has 0 radical (unpaired) electrons. The molecule has 2 rings (SSSR count). The third-order valence-electron chi connectivity index (χ3n) is 2.74. The molecule has 22 heavy (non-hydrogen) atoms. The number of carbonyl (C=O) groups excluding carboxylic acids is 1. The van der Waals surface area contributed by atoms with Crippen molar-refractivity contribution >= 4 is 17.4 Å². The lowest BCUT2D eigenvalue weighted by atomic mass is 10.1. The van der Waals surface area contributed by atoms with Crippen molar-refractivity contribution in [2.24, 2.45) is 0 Å². The summed E-state index contributed by atoms with van der Waals surface area (Å²) < 4.78 is 5.07. The first-order valence-corrected chi connectivity index (χ1v) is 6.93. The average molecular weight is 300 g/mol. The van der Waals surface area contributed by atoms with Crippen molar-refractivity contribution in [2.45, 2.75) is 26.3 Å². The van der Waals surface area contributed by atoms with Gasteiger partial charge in [-0.15, -0.1) is 0 Å². The van der Waals surface area contributed by atoms with Crippen molar-refractivity contribution in [1.29, 1.82) is 0 Å². The number of carbonyl (C=O) groups is 1. The Morgan fingerprint density at radius 1 is 1.09 bits per heavy atom. The van der Waals surface area contributed by atoms with E-state index in [2.05, 4.69) is 20.6 Å². The van der Waals surface area contributed by atoms with Crippen LogP contribution in [0.25, 0.3) is 0 Å². The van der Waals surface area contributed by atoms with Crippen LogP contribution in [0.1, 0.15) is 31.3 Å². The molecule has 0 saturated heterocycles. The van der Waals surface area contributed by atoms with Gasteiger partial charge in [0.25, 0.3) is 5.91 Å². The number of benzene rings is 1. The van der Waals surface area contributed by atoms with Crippen LogP contribution in [-0.4, -0.2) is 28.5 Å². The van der Waals surface area contributed by atoms with Crippen LogP contribution in [-0.2, 0) is 0 Å². The third-order valence-corrected chi connectivity index (χ3v) is 2.74. The molecule has 0 aliphatic carbocycles. The molecule has 0 spiro atoms. The predicted molar refractivity (Wildman–Crippen MR) is 86.4 cm³/mol. The van der Waals surface area contributed by atoms with Crippen LogP contribution in [0.5, 0.6) is 5.75 Å². The monoisotopic (exact) mass is 300 g/mol. The molecule has 116 valence electrons. The van der Waals surface area contributed by atoms with Gasteiger partial charge in [0.2, 0.25) is 0 Å². The molecule has 0 fully saturated rings. The van der Waals surface area contributed by atoms with E-state index in [1.807, 2.05) is 20.8 Å². The third kappa shape index (κ3) is 4.44. The van der Waals surface area contributed by atoms with Crippen LogP contribution >= 0.6 is 0 Å². The van der Waals surface area contributed by atoms with Crippen LogP contribution in [0, 0.1) is 0 Å². The Hall–Kier alpha value is -2.63. The number of rotatable bonds is 4. The van der Waals surface area contributed by atoms with Gasteiger partial charge in [-0.1, -0.05) is 0 Å². The number of nitrogens with zero attached hydrogens (tertiary/aromatic N) is 2. The van der Waals surface area contributed by atoms with E-state index in [-0.39, 0.29) is 17.1 Å². The average Bonchev–Trinajstić information content (AvgIpc) is 2.47. The molecule has 1 heterocycles. The smallest absolute Gasteiger partial charge is 0.275 e. The van der Waals surface area contributed by atoms with Gasteiger partial charge in [0.15, 0.2) is 0 Å². The molecule has 6 heteroatoms. The minimum Gasteiger partial charge on any atom is -0.497 e. The number of nitrogens with one attached hydrogen (secondary N) is 2. The minimum absolute atomic E-state index is 0.110. The van der Waals surface area contributed by atoms with Crippen molar-refractivity contribution in [3.63, 3.8) is 0 Å². The van der Waals surface area contributed by atoms with Gasteiger partial charge in [-0.3, -0.25) is 4.79 Å². The maximum atomic E-state index is 12.1. The number of aromatic nitrogens is 2. The molecule has 2 aromatic rings. The summed E-state index contributed by atoms with van der Waals surface area (Å²) in [7, 11) is 1.59. The summed E-state index contributed by atoms with van der Waals surface area (Å²) in [4.78, 5) is 20.4. The fourth-order valence-corrected chi connectivity index (χ4v) is 1.76. The molecule has 0 bridgehead atoms. The second-order valence-corrected chi connectivity index (χ2v) is 5.84. The molecule has 0 atom stereocenters. The van der Waals surface area contributed by atoms with Crippen molar-refractivity contribution < 1.29 is 9.53 Å². The van der Waals surface area contributed by atoms with Crippen molar-refractivity contribution in [2.75, 3.05) is 17.7 Å². The quantitative estimate of drug-likeness (QED) is 0.908. The van der Waals surface area contributed by atoms with E-state index in [1.165, 1.54) is 6.20 Å². The van der Waals surface area contributed by atoms with Gasteiger partial charge in [0.1, 0.15) is 17.3 Å². The molecule has 0 saturated carbocycles. The zero-order valence-electron chi connectivity index (χ0n) is 13.2. The highest BCUT2D eigenvalue weighted by Crippen LogP contribution is 2.16. The number of ether oxygens (including phenoxy) is 1. The number of methoxy groups -OCH3 is 1. The van der Waals surface area contributed by atoms with Crippen LogP contribution in [0.2, 0.25) is 0 Å². The van der Waals surface area contributed by atoms with Gasteiger partial charge in [-0.25, -0.2) is 9.97 Å². The lowest BCUT2D eigenvalue weighted by molar-refractivity contribution is 0.102. The van der Waals surface area contributed by atoms with E-state index in [4.69, 9.17) is 4.74 Å². The number of anilines is 2. The lowest BCUT2D eigenvalue weighted by Gasteiger charge is -2.20. The lowest BCUT2D eigenvalue weighted by Crippen LogP contribution is -2.27. The highest BCUT2D eigenvalue weighted by Gasteiger charge is 2.12. The SMILES string of the molecule is COc1ccc(NC(=O)c2cnc(NC(C)(C)C)cn2)cc1. The van der Waals surface area contributed by atoms with E-state index in [0.29, 0.717) is 11.5 Å². The van der Waals surface area contributed by atoms with Crippen LogP contribution in [0.15, 0.2) is 36.7 Å².